The zero-order valence-corrected chi connectivity index (χ0v) is 10.3. The van der Waals surface area contributed by atoms with E-state index in [1.165, 1.54) is 0 Å². The maximum Gasteiger partial charge on any atom is 0.144 e. The number of nitriles is 1. The number of rotatable bonds is 5. The maximum atomic E-state index is 8.47. The average Bonchev–Trinajstić information content (AvgIpc) is 2.03. The molecule has 0 rings (SSSR count). The molecule has 1 atom stereocenters. The molecule has 0 amide bonds. The standard InChI is InChI=1S/C9H17ClNOP/c1-7(2)13(8(3)4)12-6-9(10)5-11/h7-9H,6H2,1-4H3. The van der Waals surface area contributed by atoms with E-state index >= 15 is 0 Å². The first-order chi connectivity index (χ1) is 5.99. The highest BCUT2D eigenvalue weighted by Crippen LogP contribution is 2.46. The predicted octanol–water partition coefficient (Wildman–Crippen LogP) is 3.35. The van der Waals surface area contributed by atoms with Crippen molar-refractivity contribution in [3.63, 3.8) is 0 Å². The van der Waals surface area contributed by atoms with Gasteiger partial charge < -0.3 is 4.52 Å². The summed E-state index contributed by atoms with van der Waals surface area (Å²) in [6.45, 7) is 8.91. The molecule has 0 saturated carbocycles. The molecule has 0 N–H and O–H groups in total. The summed E-state index contributed by atoms with van der Waals surface area (Å²) in [5.74, 6) is 0. The molecule has 0 aliphatic rings. The zero-order chi connectivity index (χ0) is 10.4. The fourth-order valence-electron chi connectivity index (χ4n) is 1.08. The number of nitrogens with zero attached hydrogens (tertiary/aromatic N) is 1. The van der Waals surface area contributed by atoms with Crippen LogP contribution in [0.1, 0.15) is 27.7 Å². The second kappa shape index (κ2) is 6.60. The van der Waals surface area contributed by atoms with Crippen molar-refractivity contribution < 1.29 is 4.52 Å². The normalized spacial score (nSPS) is 13.8. The van der Waals surface area contributed by atoms with Crippen molar-refractivity contribution in [1.29, 1.82) is 5.26 Å². The van der Waals surface area contributed by atoms with Gasteiger partial charge in [0.2, 0.25) is 0 Å². The molecule has 4 heteroatoms. The minimum absolute atomic E-state index is 0.347. The lowest BCUT2D eigenvalue weighted by atomic mass is 10.5. The molecule has 0 spiro atoms. The van der Waals surface area contributed by atoms with Gasteiger partial charge in [-0.15, -0.1) is 11.6 Å². The van der Waals surface area contributed by atoms with E-state index in [0.29, 0.717) is 17.9 Å². The fourth-order valence-corrected chi connectivity index (χ4v) is 3.34. The molecule has 1 unspecified atom stereocenters. The molecule has 0 saturated heterocycles. The Labute approximate surface area is 87.1 Å². The van der Waals surface area contributed by atoms with Crippen LogP contribution in [0.3, 0.4) is 0 Å². The summed E-state index contributed by atoms with van der Waals surface area (Å²) in [7, 11) is -0.452. The summed E-state index contributed by atoms with van der Waals surface area (Å²) >= 11 is 5.64. The van der Waals surface area contributed by atoms with E-state index in [1.807, 2.05) is 6.07 Å². The van der Waals surface area contributed by atoms with Gasteiger partial charge in [0.15, 0.2) is 0 Å². The Morgan fingerprint density at radius 3 is 2.08 bits per heavy atom. The van der Waals surface area contributed by atoms with Crippen molar-refractivity contribution in [2.45, 2.75) is 44.4 Å². The third-order valence-corrected chi connectivity index (χ3v) is 4.23. The van der Waals surface area contributed by atoms with Gasteiger partial charge in [-0.05, 0) is 11.3 Å². The third-order valence-electron chi connectivity index (χ3n) is 1.53. The van der Waals surface area contributed by atoms with Crippen LogP contribution in [-0.2, 0) is 4.52 Å². The molecule has 0 aromatic carbocycles. The minimum atomic E-state index is -0.512. The topological polar surface area (TPSA) is 33.0 Å². The van der Waals surface area contributed by atoms with Gasteiger partial charge in [-0.2, -0.15) is 5.26 Å². The van der Waals surface area contributed by atoms with Gasteiger partial charge in [0.05, 0.1) is 12.7 Å². The van der Waals surface area contributed by atoms with Gasteiger partial charge >= 0.3 is 0 Å². The van der Waals surface area contributed by atoms with Crippen LogP contribution in [0.15, 0.2) is 0 Å². The van der Waals surface area contributed by atoms with Crippen LogP contribution in [0.5, 0.6) is 0 Å². The monoisotopic (exact) mass is 221 g/mol. The van der Waals surface area contributed by atoms with Gasteiger partial charge in [-0.3, -0.25) is 0 Å². The minimum Gasteiger partial charge on any atom is -0.356 e. The Balaban J connectivity index is 3.92. The lowest BCUT2D eigenvalue weighted by molar-refractivity contribution is 0.357. The van der Waals surface area contributed by atoms with Gasteiger partial charge in [-0.1, -0.05) is 27.7 Å². The number of hydrogen-bond donors (Lipinski definition) is 0. The second-order valence-electron chi connectivity index (χ2n) is 3.44. The highest BCUT2D eigenvalue weighted by Gasteiger charge is 2.19. The van der Waals surface area contributed by atoms with Crippen molar-refractivity contribution in [1.82, 2.24) is 0 Å². The maximum absolute atomic E-state index is 8.47. The van der Waals surface area contributed by atoms with Crippen LogP contribution in [0.25, 0.3) is 0 Å². The molecular formula is C9H17ClNOP. The fraction of sp³-hybridized carbons (Fsp3) is 0.889. The Kier molecular flexibility index (Phi) is 6.68. The molecular weight excluding hydrogens is 205 g/mol. The number of halogens is 1. The van der Waals surface area contributed by atoms with Crippen molar-refractivity contribution >= 4 is 19.7 Å². The van der Waals surface area contributed by atoms with Crippen LogP contribution < -0.4 is 0 Å². The smallest absolute Gasteiger partial charge is 0.144 e. The molecule has 0 aliphatic carbocycles. The third kappa shape index (κ3) is 5.47. The Hall–Kier alpha value is 0.170. The van der Waals surface area contributed by atoms with Crippen LogP contribution >= 0.6 is 19.7 Å². The first-order valence-electron chi connectivity index (χ1n) is 4.44. The first-order valence-corrected chi connectivity index (χ1v) is 6.27. The lowest BCUT2D eigenvalue weighted by Gasteiger charge is -2.25. The summed E-state index contributed by atoms with van der Waals surface area (Å²) in [5.41, 5.74) is 1.05. The second-order valence-corrected chi connectivity index (χ2v) is 7.01. The van der Waals surface area contributed by atoms with Crippen molar-refractivity contribution in [3.05, 3.63) is 0 Å². The van der Waals surface area contributed by atoms with Gasteiger partial charge in [0, 0.05) is 8.15 Å². The SMILES string of the molecule is CC(C)P(OCC(Cl)C#N)C(C)C. The summed E-state index contributed by atoms with van der Waals surface area (Å²) in [6, 6.07) is 1.95. The Morgan fingerprint density at radius 1 is 1.31 bits per heavy atom. The van der Waals surface area contributed by atoms with Gasteiger partial charge in [0.1, 0.15) is 5.38 Å². The molecule has 0 aliphatic heterocycles. The number of alkyl halides is 1. The van der Waals surface area contributed by atoms with E-state index < -0.39 is 13.5 Å². The molecule has 0 aromatic heterocycles. The van der Waals surface area contributed by atoms with E-state index in [1.54, 1.807) is 0 Å². The molecule has 0 aromatic rings. The quantitative estimate of drug-likeness (QED) is 0.527. The molecule has 76 valence electrons. The molecule has 13 heavy (non-hydrogen) atoms. The summed E-state index contributed by atoms with van der Waals surface area (Å²) in [5, 5.41) is 7.96. The van der Waals surface area contributed by atoms with Crippen molar-refractivity contribution in [3.8, 4) is 6.07 Å². The van der Waals surface area contributed by atoms with E-state index in [4.69, 9.17) is 21.4 Å². The van der Waals surface area contributed by atoms with Crippen LogP contribution in [0.4, 0.5) is 0 Å². The van der Waals surface area contributed by atoms with Crippen LogP contribution in [-0.4, -0.2) is 23.3 Å². The molecule has 0 heterocycles. The van der Waals surface area contributed by atoms with Crippen molar-refractivity contribution in [2.75, 3.05) is 6.61 Å². The van der Waals surface area contributed by atoms with Gasteiger partial charge in [0.25, 0.3) is 0 Å². The van der Waals surface area contributed by atoms with Crippen LogP contribution in [0.2, 0.25) is 0 Å². The van der Waals surface area contributed by atoms with Crippen LogP contribution in [0, 0.1) is 11.3 Å². The highest BCUT2D eigenvalue weighted by atomic mass is 35.5. The zero-order valence-electron chi connectivity index (χ0n) is 8.62. The first kappa shape index (κ1) is 13.2. The Bertz CT molecular complexity index is 171. The van der Waals surface area contributed by atoms with E-state index in [-0.39, 0.29) is 0 Å². The molecule has 0 radical (unpaired) electrons. The predicted molar refractivity (Wildman–Crippen MR) is 58.4 cm³/mol. The average molecular weight is 222 g/mol. The van der Waals surface area contributed by atoms with E-state index in [9.17, 15) is 0 Å². The van der Waals surface area contributed by atoms with E-state index in [0.717, 1.165) is 0 Å². The van der Waals surface area contributed by atoms with Gasteiger partial charge in [-0.25, -0.2) is 0 Å². The summed E-state index contributed by atoms with van der Waals surface area (Å²) in [6.07, 6.45) is 0. The molecule has 2 nitrogen and oxygen atoms in total. The Morgan fingerprint density at radius 2 is 1.77 bits per heavy atom. The number of hydrogen-bond acceptors (Lipinski definition) is 2. The summed E-state index contributed by atoms with van der Waals surface area (Å²) in [4.78, 5) is 0. The lowest BCUT2D eigenvalue weighted by Crippen LogP contribution is -2.11. The van der Waals surface area contributed by atoms with E-state index in [2.05, 4.69) is 27.7 Å². The molecule has 0 bridgehead atoms. The van der Waals surface area contributed by atoms with Crippen molar-refractivity contribution in [2.24, 2.45) is 0 Å². The molecule has 0 fully saturated rings. The summed E-state index contributed by atoms with van der Waals surface area (Å²) < 4.78 is 5.63. The highest BCUT2D eigenvalue weighted by molar-refractivity contribution is 7.54. The largest absolute Gasteiger partial charge is 0.356 e.